The third-order valence-electron chi connectivity index (χ3n) is 4.34. The van der Waals surface area contributed by atoms with Gasteiger partial charge in [-0.2, -0.15) is 0 Å². The maximum absolute atomic E-state index is 12.4. The standard InChI is InChI=1S/C23H27NO5/c1-16(2)12-24-13-19(25)14-27-20-7-5-18(6-8-20)21(26)9-3-17-4-10-22-23(11-17)29-15-28-22/h3-11,16,19,24-25H,12-15H2,1-2H3/b9-3+. The van der Waals surface area contributed by atoms with Gasteiger partial charge in [0.15, 0.2) is 17.3 Å². The molecule has 6 nitrogen and oxygen atoms in total. The zero-order valence-electron chi connectivity index (χ0n) is 16.8. The minimum Gasteiger partial charge on any atom is -0.491 e. The number of aliphatic hydroxyl groups is 1. The van der Waals surface area contributed by atoms with E-state index in [9.17, 15) is 9.90 Å². The van der Waals surface area contributed by atoms with E-state index < -0.39 is 6.10 Å². The molecule has 2 N–H and O–H groups in total. The predicted octanol–water partition coefficient (Wildman–Crippen LogP) is 3.30. The summed E-state index contributed by atoms with van der Waals surface area (Å²) in [4.78, 5) is 12.4. The van der Waals surface area contributed by atoms with Crippen LogP contribution >= 0.6 is 0 Å². The first kappa shape index (κ1) is 20.9. The number of aliphatic hydroxyl groups excluding tert-OH is 1. The van der Waals surface area contributed by atoms with Crippen molar-refractivity contribution in [3.8, 4) is 17.2 Å². The van der Waals surface area contributed by atoms with Crippen molar-refractivity contribution in [1.82, 2.24) is 5.32 Å². The number of ether oxygens (including phenoxy) is 3. The number of carbonyl (C=O) groups excluding carboxylic acids is 1. The Labute approximate surface area is 171 Å². The lowest BCUT2D eigenvalue weighted by Crippen LogP contribution is -2.33. The average Bonchev–Trinajstić information content (AvgIpc) is 3.18. The zero-order valence-corrected chi connectivity index (χ0v) is 16.8. The van der Waals surface area contributed by atoms with Gasteiger partial charge in [0.1, 0.15) is 18.5 Å². The van der Waals surface area contributed by atoms with Crippen LogP contribution in [-0.4, -0.2) is 43.5 Å². The summed E-state index contributed by atoms with van der Waals surface area (Å²) in [6.07, 6.45) is 2.69. The van der Waals surface area contributed by atoms with Crippen molar-refractivity contribution >= 4 is 11.9 Å². The number of carbonyl (C=O) groups is 1. The molecular weight excluding hydrogens is 370 g/mol. The van der Waals surface area contributed by atoms with Gasteiger partial charge in [-0.15, -0.1) is 0 Å². The van der Waals surface area contributed by atoms with Gasteiger partial charge in [-0.05, 0) is 60.5 Å². The molecule has 0 fully saturated rings. The first-order valence-corrected chi connectivity index (χ1v) is 9.75. The van der Waals surface area contributed by atoms with E-state index in [0.717, 1.165) is 12.1 Å². The van der Waals surface area contributed by atoms with Crippen molar-refractivity contribution in [3.63, 3.8) is 0 Å². The first-order valence-electron chi connectivity index (χ1n) is 9.75. The largest absolute Gasteiger partial charge is 0.491 e. The summed E-state index contributed by atoms with van der Waals surface area (Å²) in [6.45, 7) is 5.99. The van der Waals surface area contributed by atoms with Crippen LogP contribution < -0.4 is 19.5 Å². The Bertz CT molecular complexity index is 845. The van der Waals surface area contributed by atoms with E-state index in [0.29, 0.717) is 35.3 Å². The van der Waals surface area contributed by atoms with Gasteiger partial charge in [-0.3, -0.25) is 4.79 Å². The van der Waals surface area contributed by atoms with E-state index in [2.05, 4.69) is 19.2 Å². The van der Waals surface area contributed by atoms with Gasteiger partial charge >= 0.3 is 0 Å². The highest BCUT2D eigenvalue weighted by Gasteiger charge is 2.12. The maximum Gasteiger partial charge on any atom is 0.231 e. The summed E-state index contributed by atoms with van der Waals surface area (Å²) >= 11 is 0. The Hall–Kier alpha value is -2.83. The van der Waals surface area contributed by atoms with Crippen LogP contribution in [0.5, 0.6) is 17.2 Å². The number of rotatable bonds is 10. The van der Waals surface area contributed by atoms with E-state index in [1.807, 2.05) is 18.2 Å². The minimum atomic E-state index is -0.584. The molecule has 0 saturated carbocycles. The molecule has 3 rings (SSSR count). The lowest BCUT2D eigenvalue weighted by Gasteiger charge is -2.14. The second kappa shape index (κ2) is 10.1. The van der Waals surface area contributed by atoms with Crippen LogP contribution in [0.1, 0.15) is 29.8 Å². The van der Waals surface area contributed by atoms with E-state index in [-0.39, 0.29) is 19.2 Å². The van der Waals surface area contributed by atoms with E-state index >= 15 is 0 Å². The maximum atomic E-state index is 12.4. The topological polar surface area (TPSA) is 77.0 Å². The van der Waals surface area contributed by atoms with Gasteiger partial charge in [-0.1, -0.05) is 26.0 Å². The van der Waals surface area contributed by atoms with Crippen molar-refractivity contribution in [2.75, 3.05) is 26.5 Å². The Morgan fingerprint density at radius 3 is 2.66 bits per heavy atom. The summed E-state index contributed by atoms with van der Waals surface area (Å²) in [5, 5.41) is 13.1. The van der Waals surface area contributed by atoms with Gasteiger partial charge in [0, 0.05) is 12.1 Å². The van der Waals surface area contributed by atoms with Gasteiger partial charge in [0.2, 0.25) is 6.79 Å². The van der Waals surface area contributed by atoms with E-state index in [1.54, 1.807) is 30.3 Å². The number of benzene rings is 2. The van der Waals surface area contributed by atoms with Crippen molar-refractivity contribution in [1.29, 1.82) is 0 Å². The Balaban J connectivity index is 1.48. The third kappa shape index (κ3) is 6.34. The smallest absolute Gasteiger partial charge is 0.231 e. The van der Waals surface area contributed by atoms with Gasteiger partial charge in [0.25, 0.3) is 0 Å². The third-order valence-corrected chi connectivity index (χ3v) is 4.34. The first-order chi connectivity index (χ1) is 14.0. The van der Waals surface area contributed by atoms with Crippen LogP contribution in [0.2, 0.25) is 0 Å². The van der Waals surface area contributed by atoms with E-state index in [1.165, 1.54) is 6.08 Å². The minimum absolute atomic E-state index is 0.105. The molecule has 154 valence electrons. The number of hydrogen-bond acceptors (Lipinski definition) is 6. The number of nitrogens with one attached hydrogen (secondary N) is 1. The molecule has 1 aliphatic heterocycles. The summed E-state index contributed by atoms with van der Waals surface area (Å²) in [7, 11) is 0. The summed E-state index contributed by atoms with van der Waals surface area (Å²) in [5.74, 6) is 2.44. The zero-order chi connectivity index (χ0) is 20.6. The molecule has 0 aliphatic carbocycles. The van der Waals surface area contributed by atoms with Gasteiger partial charge < -0.3 is 24.6 Å². The summed E-state index contributed by atoms with van der Waals surface area (Å²) in [6, 6.07) is 12.4. The van der Waals surface area contributed by atoms with Crippen LogP contribution in [0.25, 0.3) is 6.08 Å². The quantitative estimate of drug-likeness (QED) is 0.473. The fourth-order valence-electron chi connectivity index (χ4n) is 2.79. The van der Waals surface area contributed by atoms with Crippen LogP contribution in [-0.2, 0) is 0 Å². The molecule has 0 amide bonds. The summed E-state index contributed by atoms with van der Waals surface area (Å²) in [5.41, 5.74) is 1.43. The van der Waals surface area contributed by atoms with Crippen molar-refractivity contribution < 1.29 is 24.1 Å². The van der Waals surface area contributed by atoms with Crippen molar-refractivity contribution in [2.45, 2.75) is 20.0 Å². The number of allylic oxidation sites excluding steroid dienone is 1. The fraction of sp³-hybridized carbons (Fsp3) is 0.348. The molecule has 1 aliphatic rings. The molecule has 0 saturated heterocycles. The second-order valence-electron chi connectivity index (χ2n) is 7.35. The van der Waals surface area contributed by atoms with Crippen molar-refractivity contribution in [3.05, 3.63) is 59.7 Å². The summed E-state index contributed by atoms with van der Waals surface area (Å²) < 4.78 is 16.2. The Morgan fingerprint density at radius 2 is 1.90 bits per heavy atom. The molecule has 1 heterocycles. The van der Waals surface area contributed by atoms with Crippen molar-refractivity contribution in [2.24, 2.45) is 5.92 Å². The second-order valence-corrected chi connectivity index (χ2v) is 7.35. The van der Waals surface area contributed by atoms with Gasteiger partial charge in [0.05, 0.1) is 0 Å². The molecule has 0 aromatic heterocycles. The number of fused-ring (bicyclic) bond motifs is 1. The molecule has 0 bridgehead atoms. The molecule has 1 atom stereocenters. The molecule has 2 aromatic rings. The molecular formula is C23H27NO5. The molecule has 6 heteroatoms. The monoisotopic (exact) mass is 397 g/mol. The predicted molar refractivity (Wildman–Crippen MR) is 112 cm³/mol. The lowest BCUT2D eigenvalue weighted by molar-refractivity contribution is 0.104. The van der Waals surface area contributed by atoms with Gasteiger partial charge in [-0.25, -0.2) is 0 Å². The molecule has 29 heavy (non-hydrogen) atoms. The normalized spacial score (nSPS) is 13.8. The SMILES string of the molecule is CC(C)CNCC(O)COc1ccc(C(=O)/C=C/c2ccc3c(c2)OCO3)cc1. The highest BCUT2D eigenvalue weighted by Crippen LogP contribution is 2.32. The molecule has 0 spiro atoms. The number of ketones is 1. The van der Waals surface area contributed by atoms with Crippen LogP contribution in [0.4, 0.5) is 0 Å². The van der Waals surface area contributed by atoms with Crippen LogP contribution in [0, 0.1) is 5.92 Å². The average molecular weight is 397 g/mol. The Morgan fingerprint density at radius 1 is 1.14 bits per heavy atom. The highest BCUT2D eigenvalue weighted by molar-refractivity contribution is 6.06. The molecule has 1 unspecified atom stereocenters. The fourth-order valence-corrected chi connectivity index (χ4v) is 2.79. The molecule has 0 radical (unpaired) electrons. The van der Waals surface area contributed by atoms with Crippen LogP contribution in [0.3, 0.4) is 0 Å². The molecule has 2 aromatic carbocycles. The van der Waals surface area contributed by atoms with E-state index in [4.69, 9.17) is 14.2 Å². The lowest BCUT2D eigenvalue weighted by atomic mass is 10.1. The Kier molecular flexibility index (Phi) is 7.27. The highest BCUT2D eigenvalue weighted by atomic mass is 16.7. The number of hydrogen-bond donors (Lipinski definition) is 2. The van der Waals surface area contributed by atoms with Crippen LogP contribution in [0.15, 0.2) is 48.5 Å².